The second-order valence-corrected chi connectivity index (χ2v) is 6.58. The summed E-state index contributed by atoms with van der Waals surface area (Å²) in [6.07, 6.45) is 1.08. The number of likely N-dealkylation sites (tertiary alicyclic amines) is 1. The van der Waals surface area contributed by atoms with Crippen LogP contribution in [0.25, 0.3) is 0 Å². The highest BCUT2D eigenvalue weighted by Gasteiger charge is 2.25. The summed E-state index contributed by atoms with van der Waals surface area (Å²) in [6, 6.07) is 13.4. The summed E-state index contributed by atoms with van der Waals surface area (Å²) < 4.78 is 5.00. The maximum Gasteiger partial charge on any atom is 0.409 e. The summed E-state index contributed by atoms with van der Waals surface area (Å²) in [5.74, 6) is 0.361. The molecule has 2 aromatic rings. The van der Waals surface area contributed by atoms with Crippen molar-refractivity contribution in [2.45, 2.75) is 32.4 Å². The van der Waals surface area contributed by atoms with Gasteiger partial charge in [-0.3, -0.25) is 4.79 Å². The van der Waals surface area contributed by atoms with Gasteiger partial charge in [-0.05, 0) is 37.5 Å². The molecule has 1 aromatic heterocycles. The van der Waals surface area contributed by atoms with Crippen LogP contribution in [0.2, 0.25) is 0 Å². The molecule has 0 atom stereocenters. The average molecular weight is 383 g/mol. The zero-order valence-corrected chi connectivity index (χ0v) is 15.9. The molecule has 0 radical (unpaired) electrons. The SMILES string of the molecule is CCOC(=O)N1CCC(NC(=O)c2ccc(NCc3ccccc3)nn2)CC1. The minimum absolute atomic E-state index is 0.0101. The van der Waals surface area contributed by atoms with Crippen molar-refractivity contribution in [3.63, 3.8) is 0 Å². The first-order valence-corrected chi connectivity index (χ1v) is 9.50. The van der Waals surface area contributed by atoms with Gasteiger partial charge in [-0.2, -0.15) is 0 Å². The molecule has 1 aliphatic rings. The van der Waals surface area contributed by atoms with E-state index in [0.717, 1.165) is 5.56 Å². The number of hydrogen-bond acceptors (Lipinski definition) is 6. The number of nitrogens with zero attached hydrogens (tertiary/aromatic N) is 3. The lowest BCUT2D eigenvalue weighted by atomic mass is 10.1. The van der Waals surface area contributed by atoms with Gasteiger partial charge in [-0.25, -0.2) is 4.79 Å². The molecule has 2 N–H and O–H groups in total. The predicted octanol–water partition coefficient (Wildman–Crippen LogP) is 2.44. The number of carbonyl (C=O) groups is 2. The van der Waals surface area contributed by atoms with Crippen LogP contribution in [0.5, 0.6) is 0 Å². The Kier molecular flexibility index (Phi) is 6.78. The number of benzene rings is 1. The van der Waals surface area contributed by atoms with Crippen LogP contribution in [0, 0.1) is 0 Å². The number of hydrogen-bond donors (Lipinski definition) is 2. The second kappa shape index (κ2) is 9.68. The van der Waals surface area contributed by atoms with E-state index in [4.69, 9.17) is 4.74 Å². The van der Waals surface area contributed by atoms with Crippen molar-refractivity contribution in [2.75, 3.05) is 25.0 Å². The van der Waals surface area contributed by atoms with Crippen LogP contribution in [-0.4, -0.2) is 52.8 Å². The molecule has 0 bridgehead atoms. The smallest absolute Gasteiger partial charge is 0.409 e. The van der Waals surface area contributed by atoms with Gasteiger partial charge in [0, 0.05) is 25.7 Å². The van der Waals surface area contributed by atoms with Gasteiger partial charge < -0.3 is 20.3 Å². The molecule has 1 aromatic carbocycles. The molecule has 0 aliphatic carbocycles. The largest absolute Gasteiger partial charge is 0.450 e. The van der Waals surface area contributed by atoms with E-state index in [1.54, 1.807) is 24.0 Å². The van der Waals surface area contributed by atoms with Crippen LogP contribution >= 0.6 is 0 Å². The molecular weight excluding hydrogens is 358 g/mol. The van der Waals surface area contributed by atoms with Gasteiger partial charge in [-0.15, -0.1) is 10.2 Å². The van der Waals surface area contributed by atoms with E-state index in [9.17, 15) is 9.59 Å². The van der Waals surface area contributed by atoms with Crippen molar-refractivity contribution >= 4 is 17.8 Å². The van der Waals surface area contributed by atoms with Gasteiger partial charge >= 0.3 is 6.09 Å². The minimum atomic E-state index is -0.295. The van der Waals surface area contributed by atoms with E-state index in [1.807, 2.05) is 30.3 Å². The van der Waals surface area contributed by atoms with Crippen molar-refractivity contribution in [2.24, 2.45) is 0 Å². The van der Waals surface area contributed by atoms with Gasteiger partial charge in [0.25, 0.3) is 5.91 Å². The van der Waals surface area contributed by atoms with Crippen molar-refractivity contribution < 1.29 is 14.3 Å². The summed E-state index contributed by atoms with van der Waals surface area (Å²) in [5.41, 5.74) is 1.42. The summed E-state index contributed by atoms with van der Waals surface area (Å²) in [6.45, 7) is 3.93. The highest BCUT2D eigenvalue weighted by atomic mass is 16.6. The monoisotopic (exact) mass is 383 g/mol. The first-order chi connectivity index (χ1) is 13.7. The number of carbonyl (C=O) groups excluding carboxylic acids is 2. The highest BCUT2D eigenvalue weighted by molar-refractivity contribution is 5.92. The number of anilines is 1. The van der Waals surface area contributed by atoms with Gasteiger partial charge in [0.15, 0.2) is 5.69 Å². The molecular formula is C20H25N5O3. The number of piperidine rings is 1. The summed E-state index contributed by atoms with van der Waals surface area (Å²) >= 11 is 0. The van der Waals surface area contributed by atoms with Crippen LogP contribution in [0.3, 0.4) is 0 Å². The number of nitrogens with one attached hydrogen (secondary N) is 2. The Morgan fingerprint density at radius 1 is 1.11 bits per heavy atom. The number of aromatic nitrogens is 2. The van der Waals surface area contributed by atoms with Gasteiger partial charge in [0.1, 0.15) is 5.82 Å². The maximum atomic E-state index is 12.4. The van der Waals surface area contributed by atoms with E-state index in [0.29, 0.717) is 44.9 Å². The quantitative estimate of drug-likeness (QED) is 0.795. The lowest BCUT2D eigenvalue weighted by Gasteiger charge is -2.31. The first-order valence-electron chi connectivity index (χ1n) is 9.50. The van der Waals surface area contributed by atoms with E-state index >= 15 is 0 Å². The maximum absolute atomic E-state index is 12.4. The Labute approximate surface area is 164 Å². The minimum Gasteiger partial charge on any atom is -0.450 e. The molecule has 1 fully saturated rings. The number of ether oxygens (including phenoxy) is 1. The molecule has 0 saturated carbocycles. The summed E-state index contributed by atoms with van der Waals surface area (Å²) in [5, 5.41) is 14.2. The topological polar surface area (TPSA) is 96.5 Å². The van der Waals surface area contributed by atoms with E-state index in [-0.39, 0.29) is 23.7 Å². The van der Waals surface area contributed by atoms with Crippen LogP contribution < -0.4 is 10.6 Å². The lowest BCUT2D eigenvalue weighted by molar-refractivity contribution is 0.0856. The number of rotatable bonds is 6. The third-order valence-corrected chi connectivity index (χ3v) is 4.57. The second-order valence-electron chi connectivity index (χ2n) is 6.58. The zero-order valence-electron chi connectivity index (χ0n) is 15.9. The molecule has 28 heavy (non-hydrogen) atoms. The van der Waals surface area contributed by atoms with Crippen LogP contribution in [0.15, 0.2) is 42.5 Å². The van der Waals surface area contributed by atoms with Crippen molar-refractivity contribution in [1.82, 2.24) is 20.4 Å². The van der Waals surface area contributed by atoms with Crippen molar-refractivity contribution in [3.05, 3.63) is 53.7 Å². The Bertz CT molecular complexity index is 774. The Hall–Kier alpha value is -3.16. The molecule has 3 rings (SSSR count). The Morgan fingerprint density at radius 2 is 1.86 bits per heavy atom. The van der Waals surface area contributed by atoms with E-state index in [2.05, 4.69) is 20.8 Å². The zero-order chi connectivity index (χ0) is 19.8. The molecule has 1 aliphatic heterocycles. The molecule has 2 amide bonds. The Balaban J connectivity index is 1.45. The fraction of sp³-hybridized carbons (Fsp3) is 0.400. The molecule has 0 unspecified atom stereocenters. The van der Waals surface area contributed by atoms with E-state index in [1.165, 1.54) is 0 Å². The molecule has 148 valence electrons. The highest BCUT2D eigenvalue weighted by Crippen LogP contribution is 2.12. The molecule has 0 spiro atoms. The first kappa shape index (κ1) is 19.6. The molecule has 2 heterocycles. The van der Waals surface area contributed by atoms with Crippen molar-refractivity contribution in [3.8, 4) is 0 Å². The Morgan fingerprint density at radius 3 is 2.50 bits per heavy atom. The summed E-state index contributed by atoms with van der Waals surface area (Å²) in [4.78, 5) is 25.8. The lowest BCUT2D eigenvalue weighted by Crippen LogP contribution is -2.46. The van der Waals surface area contributed by atoms with Crippen molar-refractivity contribution in [1.29, 1.82) is 0 Å². The fourth-order valence-corrected chi connectivity index (χ4v) is 3.02. The standard InChI is InChI=1S/C20H25N5O3/c1-2-28-20(27)25-12-10-16(11-13-25)22-19(26)17-8-9-18(24-23-17)21-14-15-6-4-3-5-7-15/h3-9,16H,2,10-14H2,1H3,(H,21,24)(H,22,26). The van der Waals surface area contributed by atoms with Gasteiger partial charge in [0.2, 0.25) is 0 Å². The molecule has 8 nitrogen and oxygen atoms in total. The van der Waals surface area contributed by atoms with Crippen LogP contribution in [0.1, 0.15) is 35.8 Å². The van der Waals surface area contributed by atoms with Gasteiger partial charge in [-0.1, -0.05) is 30.3 Å². The predicted molar refractivity (Wildman–Crippen MR) is 105 cm³/mol. The fourth-order valence-electron chi connectivity index (χ4n) is 3.02. The van der Waals surface area contributed by atoms with Crippen LogP contribution in [-0.2, 0) is 11.3 Å². The third kappa shape index (κ3) is 5.42. The average Bonchev–Trinajstić information content (AvgIpc) is 2.74. The van der Waals surface area contributed by atoms with Crippen LogP contribution in [0.4, 0.5) is 10.6 Å². The van der Waals surface area contributed by atoms with Gasteiger partial charge in [0.05, 0.1) is 6.61 Å². The van der Waals surface area contributed by atoms with E-state index < -0.39 is 0 Å². The normalized spacial score (nSPS) is 14.4. The molecule has 8 heteroatoms. The third-order valence-electron chi connectivity index (χ3n) is 4.57. The summed E-state index contributed by atoms with van der Waals surface area (Å²) in [7, 11) is 0. The molecule has 1 saturated heterocycles. The number of amides is 2.